The second-order valence-electron chi connectivity index (χ2n) is 3.93. The van der Waals surface area contributed by atoms with Crippen molar-refractivity contribution >= 4 is 17.6 Å². The number of rotatable bonds is 3. The zero-order chi connectivity index (χ0) is 13.8. The molecule has 1 aromatic carbocycles. The van der Waals surface area contributed by atoms with Crippen molar-refractivity contribution in [3.63, 3.8) is 0 Å². The molecule has 0 atom stereocenters. The van der Waals surface area contributed by atoms with Gasteiger partial charge in [0.15, 0.2) is 0 Å². The molecule has 2 aromatic rings. The highest BCUT2D eigenvalue weighted by Crippen LogP contribution is 2.16. The molecule has 0 aliphatic carbocycles. The number of aromatic carboxylic acids is 1. The fourth-order valence-corrected chi connectivity index (χ4v) is 1.71. The van der Waals surface area contributed by atoms with E-state index >= 15 is 0 Å². The van der Waals surface area contributed by atoms with Crippen molar-refractivity contribution < 1.29 is 14.7 Å². The van der Waals surface area contributed by atoms with Crippen LogP contribution >= 0.6 is 0 Å². The highest BCUT2D eigenvalue weighted by atomic mass is 16.4. The average Bonchev–Trinajstić information content (AvgIpc) is 2.46. The van der Waals surface area contributed by atoms with Gasteiger partial charge in [-0.1, -0.05) is 12.1 Å². The van der Waals surface area contributed by atoms with Gasteiger partial charge >= 0.3 is 5.97 Å². The molecule has 0 aliphatic rings. The van der Waals surface area contributed by atoms with Gasteiger partial charge in [-0.3, -0.25) is 9.78 Å². The first-order valence-corrected chi connectivity index (χ1v) is 5.61. The largest absolute Gasteiger partial charge is 0.478 e. The van der Waals surface area contributed by atoms with Gasteiger partial charge in [0.1, 0.15) is 0 Å². The molecule has 1 aromatic heterocycles. The van der Waals surface area contributed by atoms with Crippen LogP contribution in [0.4, 0.5) is 5.69 Å². The van der Waals surface area contributed by atoms with Crippen molar-refractivity contribution in [1.82, 2.24) is 4.98 Å². The summed E-state index contributed by atoms with van der Waals surface area (Å²) in [7, 11) is 1.58. The number of hydrogen-bond acceptors (Lipinski definition) is 3. The highest BCUT2D eigenvalue weighted by Gasteiger charge is 2.19. The Kier molecular flexibility index (Phi) is 3.56. The number of hydrogen-bond donors (Lipinski definition) is 1. The first-order valence-electron chi connectivity index (χ1n) is 5.61. The first kappa shape index (κ1) is 12.8. The van der Waals surface area contributed by atoms with E-state index in [0.29, 0.717) is 5.69 Å². The Labute approximate surface area is 110 Å². The lowest BCUT2D eigenvalue weighted by molar-refractivity contribution is 0.0692. The maximum Gasteiger partial charge on any atom is 0.336 e. The number of amides is 1. The van der Waals surface area contributed by atoms with Crippen molar-refractivity contribution in [3.05, 3.63) is 59.9 Å². The molecule has 1 heterocycles. The van der Waals surface area contributed by atoms with Crippen LogP contribution in [0.3, 0.4) is 0 Å². The van der Waals surface area contributed by atoms with Crippen LogP contribution in [0.15, 0.2) is 48.8 Å². The number of carbonyl (C=O) groups excluding carboxylic acids is 1. The lowest BCUT2D eigenvalue weighted by Gasteiger charge is -2.17. The summed E-state index contributed by atoms with van der Waals surface area (Å²) in [6.07, 6.45) is 3.15. The van der Waals surface area contributed by atoms with Crippen LogP contribution < -0.4 is 4.90 Å². The number of nitrogens with zero attached hydrogens (tertiary/aromatic N) is 2. The molecule has 2 rings (SSSR count). The number of benzene rings is 1. The minimum atomic E-state index is -1.12. The van der Waals surface area contributed by atoms with Crippen molar-refractivity contribution in [1.29, 1.82) is 0 Å². The average molecular weight is 256 g/mol. The van der Waals surface area contributed by atoms with E-state index in [4.69, 9.17) is 5.11 Å². The number of anilines is 1. The summed E-state index contributed by atoms with van der Waals surface area (Å²) in [4.78, 5) is 28.7. The number of carbonyl (C=O) groups is 2. The minimum Gasteiger partial charge on any atom is -0.478 e. The third kappa shape index (κ3) is 2.60. The lowest BCUT2D eigenvalue weighted by Crippen LogP contribution is -2.28. The molecular weight excluding hydrogens is 244 g/mol. The van der Waals surface area contributed by atoms with Gasteiger partial charge in [0.2, 0.25) is 0 Å². The van der Waals surface area contributed by atoms with Crippen LogP contribution in [-0.2, 0) is 0 Å². The molecule has 5 heteroatoms. The third-order valence-electron chi connectivity index (χ3n) is 2.73. The fourth-order valence-electron chi connectivity index (χ4n) is 1.71. The van der Waals surface area contributed by atoms with E-state index in [0.717, 1.165) is 0 Å². The summed E-state index contributed by atoms with van der Waals surface area (Å²) >= 11 is 0. The number of aromatic nitrogens is 1. The normalized spacial score (nSPS) is 9.95. The van der Waals surface area contributed by atoms with Crippen LogP contribution in [-0.4, -0.2) is 29.0 Å². The van der Waals surface area contributed by atoms with E-state index < -0.39 is 5.97 Å². The third-order valence-corrected chi connectivity index (χ3v) is 2.73. The molecule has 96 valence electrons. The maximum absolute atomic E-state index is 12.3. The van der Waals surface area contributed by atoms with Crippen molar-refractivity contribution in [2.75, 3.05) is 11.9 Å². The molecule has 5 nitrogen and oxygen atoms in total. The van der Waals surface area contributed by atoms with E-state index in [1.165, 1.54) is 17.0 Å². The van der Waals surface area contributed by atoms with Crippen LogP contribution in [0.1, 0.15) is 20.7 Å². The molecular formula is C14H12N2O3. The summed E-state index contributed by atoms with van der Waals surface area (Å²) < 4.78 is 0. The molecule has 19 heavy (non-hydrogen) atoms. The van der Waals surface area contributed by atoms with E-state index in [2.05, 4.69) is 4.98 Å². The van der Waals surface area contributed by atoms with Gasteiger partial charge in [0, 0.05) is 13.2 Å². The van der Waals surface area contributed by atoms with Gasteiger partial charge in [-0.25, -0.2) is 4.79 Å². The van der Waals surface area contributed by atoms with Gasteiger partial charge < -0.3 is 10.0 Å². The van der Waals surface area contributed by atoms with Crippen molar-refractivity contribution in [2.24, 2.45) is 0 Å². The molecule has 0 fully saturated rings. The molecule has 0 aliphatic heterocycles. The van der Waals surface area contributed by atoms with Gasteiger partial charge in [0.05, 0.1) is 23.0 Å². The van der Waals surface area contributed by atoms with Crippen LogP contribution in [0, 0.1) is 0 Å². The van der Waals surface area contributed by atoms with Crippen molar-refractivity contribution in [2.45, 2.75) is 0 Å². The second-order valence-corrected chi connectivity index (χ2v) is 3.93. The zero-order valence-corrected chi connectivity index (χ0v) is 10.3. The molecule has 0 spiro atoms. The van der Waals surface area contributed by atoms with E-state index in [-0.39, 0.29) is 17.0 Å². The first-order chi connectivity index (χ1) is 9.11. The Morgan fingerprint density at radius 3 is 2.37 bits per heavy atom. The predicted molar refractivity (Wildman–Crippen MR) is 70.4 cm³/mol. The van der Waals surface area contributed by atoms with Gasteiger partial charge in [-0.05, 0) is 24.3 Å². The Bertz CT molecular complexity index is 611. The Morgan fingerprint density at radius 2 is 1.79 bits per heavy atom. The number of carboxylic acid groups (broad SMARTS) is 1. The smallest absolute Gasteiger partial charge is 0.336 e. The van der Waals surface area contributed by atoms with E-state index in [1.54, 1.807) is 43.7 Å². The standard InChI is InChI=1S/C14H12N2O3/c1-16(10-5-4-8-15-9-10)13(17)11-6-2-3-7-12(11)14(18)19/h2-9H,1H3,(H,18,19). The maximum atomic E-state index is 12.3. The lowest BCUT2D eigenvalue weighted by atomic mass is 10.1. The molecule has 0 saturated heterocycles. The zero-order valence-electron chi connectivity index (χ0n) is 10.3. The van der Waals surface area contributed by atoms with Gasteiger partial charge in [0.25, 0.3) is 5.91 Å². The van der Waals surface area contributed by atoms with Crippen LogP contribution in [0.5, 0.6) is 0 Å². The summed E-state index contributed by atoms with van der Waals surface area (Å²) in [6.45, 7) is 0. The molecule has 0 saturated carbocycles. The summed E-state index contributed by atoms with van der Waals surface area (Å²) in [5, 5.41) is 9.08. The van der Waals surface area contributed by atoms with Gasteiger partial charge in [-0.15, -0.1) is 0 Å². The molecule has 0 bridgehead atoms. The number of pyridine rings is 1. The second kappa shape index (κ2) is 5.30. The Hall–Kier alpha value is -2.69. The number of carboxylic acids is 1. The summed E-state index contributed by atoms with van der Waals surface area (Å²) in [5.74, 6) is -1.51. The Morgan fingerprint density at radius 1 is 1.11 bits per heavy atom. The summed E-state index contributed by atoms with van der Waals surface area (Å²) in [6, 6.07) is 9.57. The monoisotopic (exact) mass is 256 g/mol. The summed E-state index contributed by atoms with van der Waals surface area (Å²) in [5.41, 5.74) is 0.747. The predicted octanol–water partition coefficient (Wildman–Crippen LogP) is 2.06. The Balaban J connectivity index is 2.38. The SMILES string of the molecule is CN(C(=O)c1ccccc1C(=O)O)c1cccnc1. The van der Waals surface area contributed by atoms with Gasteiger partial charge in [-0.2, -0.15) is 0 Å². The molecule has 1 amide bonds. The topological polar surface area (TPSA) is 70.5 Å². The van der Waals surface area contributed by atoms with E-state index in [9.17, 15) is 9.59 Å². The van der Waals surface area contributed by atoms with Crippen molar-refractivity contribution in [3.8, 4) is 0 Å². The minimum absolute atomic E-state index is 0.0109. The molecule has 0 radical (unpaired) electrons. The quantitative estimate of drug-likeness (QED) is 0.912. The molecule has 0 unspecified atom stereocenters. The van der Waals surface area contributed by atoms with Crippen LogP contribution in [0.2, 0.25) is 0 Å². The van der Waals surface area contributed by atoms with Crippen LogP contribution in [0.25, 0.3) is 0 Å². The fraction of sp³-hybridized carbons (Fsp3) is 0.0714. The van der Waals surface area contributed by atoms with E-state index in [1.807, 2.05) is 0 Å². The molecule has 1 N–H and O–H groups in total. The highest BCUT2D eigenvalue weighted by molar-refractivity contribution is 6.11.